The summed E-state index contributed by atoms with van der Waals surface area (Å²) in [5.41, 5.74) is 0. The summed E-state index contributed by atoms with van der Waals surface area (Å²) >= 11 is 0. The van der Waals surface area contributed by atoms with Crippen LogP contribution in [0.2, 0.25) is 0 Å². The summed E-state index contributed by atoms with van der Waals surface area (Å²) in [7, 11) is 0. The minimum Gasteiger partial charge on any atom is -0.358 e. The molecule has 0 nitrogen and oxygen atoms in total. The fourth-order valence-corrected chi connectivity index (χ4v) is 0. The quantitative estimate of drug-likeness (QED) is 0.407. The normalized spacial score (nSPS) is 1.71. The van der Waals surface area contributed by atoms with E-state index >= 15 is 0 Å². The smallest absolute Gasteiger partial charge is 0 e. The summed E-state index contributed by atoms with van der Waals surface area (Å²) in [6.07, 6.45) is 0. The Balaban J connectivity index is -0.00000000267. The van der Waals surface area contributed by atoms with Gasteiger partial charge in [0.05, 0.1) is 0 Å². The van der Waals surface area contributed by atoms with E-state index in [0.717, 1.165) is 0 Å². The molecule has 0 saturated carbocycles. The van der Waals surface area contributed by atoms with Gasteiger partial charge in [0, 0.05) is 19.5 Å². The molecule has 0 saturated heterocycles. The van der Waals surface area contributed by atoms with Gasteiger partial charge in [0.25, 0.3) is 0 Å². The minimum atomic E-state index is 0. The van der Waals surface area contributed by atoms with Gasteiger partial charge in [0.15, 0.2) is 0 Å². The van der Waals surface area contributed by atoms with E-state index in [9.17, 15) is 0 Å². The zero-order valence-electron chi connectivity index (χ0n) is 5.75. The van der Waals surface area contributed by atoms with Gasteiger partial charge in [-0.3, -0.25) is 0 Å². The molecule has 0 rings (SSSR count). The van der Waals surface area contributed by atoms with E-state index < -0.39 is 0 Å². The summed E-state index contributed by atoms with van der Waals surface area (Å²) in [4.78, 5) is 0. The molecule has 0 N–H and O–H groups in total. The monoisotopic (exact) mass is 191 g/mol. The minimum absolute atomic E-state index is 0. The molecule has 0 heterocycles. The predicted molar refractivity (Wildman–Crippen MR) is 34.9 cm³/mol. The standard InChI is InChI=1S/2C2H5.2CH3.Rh/c2*1-2;;;/h2*1H2,2H3;2*1H3;/q4*-1;. The van der Waals surface area contributed by atoms with Gasteiger partial charge in [-0.15, -0.1) is 0 Å². The molecule has 1 heteroatoms. The molecule has 0 aromatic rings. The summed E-state index contributed by atoms with van der Waals surface area (Å²) in [6.45, 7) is 10.0. The second-order valence-electron chi connectivity index (χ2n) is 0. The van der Waals surface area contributed by atoms with Crippen LogP contribution in [0.3, 0.4) is 0 Å². The Morgan fingerprint density at radius 1 is 0.714 bits per heavy atom. The van der Waals surface area contributed by atoms with E-state index in [1.165, 1.54) is 0 Å². The van der Waals surface area contributed by atoms with Crippen molar-refractivity contribution in [2.75, 3.05) is 0 Å². The van der Waals surface area contributed by atoms with E-state index in [1.807, 2.05) is 0 Å². The van der Waals surface area contributed by atoms with Crippen LogP contribution in [0, 0.1) is 28.7 Å². The molecular weight excluding hydrogens is 175 g/mol. The summed E-state index contributed by atoms with van der Waals surface area (Å²) in [5.74, 6) is 0. The van der Waals surface area contributed by atoms with Crippen molar-refractivity contribution in [2.45, 2.75) is 13.8 Å². The first-order valence-corrected chi connectivity index (χ1v) is 1.41. The van der Waals surface area contributed by atoms with Crippen molar-refractivity contribution in [3.8, 4) is 0 Å². The summed E-state index contributed by atoms with van der Waals surface area (Å²) < 4.78 is 0. The molecule has 7 heavy (non-hydrogen) atoms. The second kappa shape index (κ2) is 539. The molecule has 0 aliphatic heterocycles. The first kappa shape index (κ1) is 48.6. The maximum absolute atomic E-state index is 3.25. The van der Waals surface area contributed by atoms with Gasteiger partial charge in [-0.05, 0) is 0 Å². The molecule has 0 aromatic heterocycles. The topological polar surface area (TPSA) is 0 Å². The number of rotatable bonds is 0. The Morgan fingerprint density at radius 3 is 0.714 bits per heavy atom. The van der Waals surface area contributed by atoms with E-state index in [-0.39, 0.29) is 34.3 Å². The molecule has 0 aliphatic carbocycles. The molecule has 0 fully saturated rings. The van der Waals surface area contributed by atoms with Crippen LogP contribution in [-0.4, -0.2) is 0 Å². The van der Waals surface area contributed by atoms with Gasteiger partial charge in [0.1, 0.15) is 0 Å². The van der Waals surface area contributed by atoms with Crippen molar-refractivity contribution in [3.05, 3.63) is 28.7 Å². The van der Waals surface area contributed by atoms with Crippen LogP contribution in [0.5, 0.6) is 0 Å². The van der Waals surface area contributed by atoms with Crippen molar-refractivity contribution in [1.29, 1.82) is 0 Å². The van der Waals surface area contributed by atoms with E-state index in [1.54, 1.807) is 13.8 Å². The van der Waals surface area contributed by atoms with Gasteiger partial charge < -0.3 is 28.7 Å². The maximum atomic E-state index is 3.25. The van der Waals surface area contributed by atoms with Crippen LogP contribution in [0.25, 0.3) is 0 Å². The molecule has 0 amide bonds. The van der Waals surface area contributed by atoms with Crippen molar-refractivity contribution >= 4 is 0 Å². The zero-order chi connectivity index (χ0) is 4.00. The largest absolute Gasteiger partial charge is 0.358 e. The van der Waals surface area contributed by atoms with Crippen molar-refractivity contribution < 1.29 is 19.5 Å². The van der Waals surface area contributed by atoms with Crippen LogP contribution in [0.4, 0.5) is 0 Å². The van der Waals surface area contributed by atoms with Gasteiger partial charge in [-0.25, -0.2) is 0 Å². The molecular formula is C6H16Rh-4. The fraction of sp³-hybridized carbons (Fsp3) is 0.333. The Bertz CT molecular complexity index is 4.14. The summed E-state index contributed by atoms with van der Waals surface area (Å²) in [6, 6.07) is 0. The average Bonchev–Trinajstić information content (AvgIpc) is 1.50. The molecule has 53 valence electrons. The Morgan fingerprint density at radius 2 is 0.714 bits per heavy atom. The van der Waals surface area contributed by atoms with Crippen molar-refractivity contribution in [3.63, 3.8) is 0 Å². The molecule has 0 unspecified atom stereocenters. The third-order valence-electron chi connectivity index (χ3n) is 0. The molecule has 0 bridgehead atoms. The third kappa shape index (κ3) is 364. The number of hydrogen-bond acceptors (Lipinski definition) is 0. The van der Waals surface area contributed by atoms with E-state index in [0.29, 0.717) is 0 Å². The van der Waals surface area contributed by atoms with Crippen LogP contribution >= 0.6 is 0 Å². The Kier molecular flexibility index (Phi) is 3740. The fourth-order valence-electron chi connectivity index (χ4n) is 0. The summed E-state index contributed by atoms with van der Waals surface area (Å²) in [5, 5.41) is 0. The first-order valence-electron chi connectivity index (χ1n) is 1.41. The van der Waals surface area contributed by atoms with Crippen LogP contribution < -0.4 is 0 Å². The number of hydrogen-bond donors (Lipinski definition) is 0. The van der Waals surface area contributed by atoms with E-state index in [2.05, 4.69) is 13.8 Å². The van der Waals surface area contributed by atoms with Crippen molar-refractivity contribution in [1.82, 2.24) is 0 Å². The van der Waals surface area contributed by atoms with Gasteiger partial charge in [-0.2, -0.15) is 13.8 Å². The second-order valence-corrected chi connectivity index (χ2v) is 0. The maximum Gasteiger partial charge on any atom is 0 e. The first-order chi connectivity index (χ1) is 2.00. The molecule has 0 atom stereocenters. The molecule has 0 aromatic carbocycles. The zero-order valence-corrected chi connectivity index (χ0v) is 7.39. The van der Waals surface area contributed by atoms with Crippen LogP contribution in [-0.2, 0) is 19.5 Å². The van der Waals surface area contributed by atoms with Gasteiger partial charge in [0.2, 0.25) is 0 Å². The molecule has 1 radical (unpaired) electrons. The molecule has 0 aliphatic rings. The van der Waals surface area contributed by atoms with Crippen molar-refractivity contribution in [2.24, 2.45) is 0 Å². The average molecular weight is 191 g/mol. The van der Waals surface area contributed by atoms with Gasteiger partial charge >= 0.3 is 0 Å². The Hall–Kier alpha value is 0.623. The molecule has 0 spiro atoms. The van der Waals surface area contributed by atoms with Crippen LogP contribution in [0.15, 0.2) is 0 Å². The third-order valence-corrected chi connectivity index (χ3v) is 0. The van der Waals surface area contributed by atoms with Gasteiger partial charge in [-0.1, -0.05) is 0 Å². The predicted octanol–water partition coefficient (Wildman–Crippen LogP) is 2.58. The van der Waals surface area contributed by atoms with E-state index in [4.69, 9.17) is 0 Å². The van der Waals surface area contributed by atoms with Crippen LogP contribution in [0.1, 0.15) is 13.8 Å². The SMILES string of the molecule is [CH2-]C.[CH2-]C.[CH3-].[CH3-].[Rh]. The Labute approximate surface area is 62.5 Å².